The highest BCUT2D eigenvalue weighted by molar-refractivity contribution is 14.0. The molecule has 5 nitrogen and oxygen atoms in total. The fraction of sp³-hybridized carbons (Fsp3) is 0.333. The number of benzene rings is 2. The Morgan fingerprint density at radius 1 is 1.11 bits per heavy atom. The number of aliphatic imine (C=N–C) groups is 1. The minimum absolute atomic E-state index is 0. The topological polar surface area (TPSA) is 65.5 Å². The first-order valence-electron chi connectivity index (χ1n) is 9.03. The molecule has 0 spiro atoms. The molecule has 0 saturated carbocycles. The highest BCUT2D eigenvalue weighted by Crippen LogP contribution is 2.12. The maximum atomic E-state index is 11.7. The van der Waals surface area contributed by atoms with Gasteiger partial charge in [0.15, 0.2) is 5.96 Å². The normalized spacial score (nSPS) is 11.9. The summed E-state index contributed by atoms with van der Waals surface area (Å²) in [6.07, 6.45) is 1.38. The Morgan fingerprint density at radius 2 is 1.85 bits per heavy atom. The maximum Gasteiger partial charge on any atom is 0.224 e. The second-order valence-corrected chi connectivity index (χ2v) is 6.20. The van der Waals surface area contributed by atoms with Gasteiger partial charge in [0.05, 0.1) is 6.04 Å². The van der Waals surface area contributed by atoms with Gasteiger partial charge in [-0.3, -0.25) is 9.79 Å². The van der Waals surface area contributed by atoms with E-state index in [2.05, 4.69) is 40.0 Å². The van der Waals surface area contributed by atoms with Crippen LogP contribution in [0.1, 0.15) is 43.9 Å². The summed E-state index contributed by atoms with van der Waals surface area (Å²) < 4.78 is 0. The summed E-state index contributed by atoms with van der Waals surface area (Å²) in [4.78, 5) is 16.0. The molecular formula is C21H29IN4O. The van der Waals surface area contributed by atoms with E-state index in [-0.39, 0.29) is 35.9 Å². The molecule has 146 valence electrons. The third-order valence-corrected chi connectivity index (χ3v) is 4.02. The number of anilines is 1. The average Bonchev–Trinajstić information content (AvgIpc) is 2.66. The number of nitrogens with one attached hydrogen (secondary N) is 3. The van der Waals surface area contributed by atoms with Crippen molar-refractivity contribution in [3.63, 3.8) is 0 Å². The molecule has 3 N–H and O–H groups in total. The summed E-state index contributed by atoms with van der Waals surface area (Å²) >= 11 is 0. The van der Waals surface area contributed by atoms with E-state index in [1.54, 1.807) is 7.05 Å². The van der Waals surface area contributed by atoms with E-state index < -0.39 is 0 Å². The number of amides is 1. The van der Waals surface area contributed by atoms with Gasteiger partial charge < -0.3 is 16.0 Å². The second kappa shape index (κ2) is 12.3. The summed E-state index contributed by atoms with van der Waals surface area (Å²) in [6, 6.07) is 18.3. The van der Waals surface area contributed by atoms with Gasteiger partial charge in [-0.1, -0.05) is 49.4 Å². The number of guanidine groups is 1. The van der Waals surface area contributed by atoms with E-state index in [0.717, 1.165) is 23.6 Å². The number of nitrogens with zero attached hydrogens (tertiary/aromatic N) is 1. The molecule has 0 aliphatic carbocycles. The summed E-state index contributed by atoms with van der Waals surface area (Å²) in [7, 11) is 1.76. The molecule has 0 fully saturated rings. The standard InChI is InChI=1S/C21H28N4O.HI/c1-4-9-20(26)25-19-13-8-10-17(14-19)15-23-21(22-3)24-16(2)18-11-6-5-7-12-18;/h5-8,10-14,16H,4,9,15H2,1-3H3,(H,25,26)(H2,22,23,24);1H. The molecule has 0 aliphatic rings. The molecule has 0 radical (unpaired) electrons. The van der Waals surface area contributed by atoms with Gasteiger partial charge in [0.1, 0.15) is 0 Å². The minimum Gasteiger partial charge on any atom is -0.352 e. The van der Waals surface area contributed by atoms with E-state index >= 15 is 0 Å². The van der Waals surface area contributed by atoms with Crippen LogP contribution < -0.4 is 16.0 Å². The lowest BCUT2D eigenvalue weighted by Gasteiger charge is -2.18. The van der Waals surface area contributed by atoms with Crippen LogP contribution in [0.15, 0.2) is 59.6 Å². The van der Waals surface area contributed by atoms with Crippen molar-refractivity contribution in [3.8, 4) is 0 Å². The van der Waals surface area contributed by atoms with E-state index in [9.17, 15) is 4.79 Å². The highest BCUT2D eigenvalue weighted by Gasteiger charge is 2.07. The minimum atomic E-state index is 0. The lowest BCUT2D eigenvalue weighted by molar-refractivity contribution is -0.116. The predicted molar refractivity (Wildman–Crippen MR) is 124 cm³/mol. The van der Waals surface area contributed by atoms with Gasteiger partial charge in [0.2, 0.25) is 5.91 Å². The number of rotatable bonds is 7. The number of hydrogen-bond donors (Lipinski definition) is 3. The second-order valence-electron chi connectivity index (χ2n) is 6.20. The zero-order valence-corrected chi connectivity index (χ0v) is 18.5. The van der Waals surface area contributed by atoms with Gasteiger partial charge in [0, 0.05) is 25.7 Å². The maximum absolute atomic E-state index is 11.7. The van der Waals surface area contributed by atoms with Crippen molar-refractivity contribution in [1.29, 1.82) is 0 Å². The number of carbonyl (C=O) groups is 1. The van der Waals surface area contributed by atoms with Crippen LogP contribution in [0.5, 0.6) is 0 Å². The van der Waals surface area contributed by atoms with Crippen LogP contribution in [0.4, 0.5) is 5.69 Å². The Morgan fingerprint density at radius 3 is 2.52 bits per heavy atom. The largest absolute Gasteiger partial charge is 0.352 e. The van der Waals surface area contributed by atoms with Crippen LogP contribution in [-0.2, 0) is 11.3 Å². The molecule has 2 aromatic carbocycles. The SMILES string of the molecule is CCCC(=O)Nc1cccc(CNC(=NC)NC(C)c2ccccc2)c1.I. The van der Waals surface area contributed by atoms with Gasteiger partial charge >= 0.3 is 0 Å². The molecular weight excluding hydrogens is 451 g/mol. The van der Waals surface area contributed by atoms with Crippen molar-refractivity contribution in [2.45, 2.75) is 39.3 Å². The third-order valence-electron chi connectivity index (χ3n) is 4.02. The highest BCUT2D eigenvalue weighted by atomic mass is 127. The molecule has 0 aliphatic heterocycles. The molecule has 1 unspecified atom stereocenters. The van der Waals surface area contributed by atoms with Crippen LogP contribution in [-0.4, -0.2) is 18.9 Å². The summed E-state index contributed by atoms with van der Waals surface area (Å²) in [5, 5.41) is 9.63. The quantitative estimate of drug-likeness (QED) is 0.311. The first kappa shape index (κ1) is 23.0. The Labute approximate surface area is 179 Å². The Balaban J connectivity index is 0.00000364. The average molecular weight is 480 g/mol. The Kier molecular flexibility index (Phi) is 10.5. The number of hydrogen-bond acceptors (Lipinski definition) is 2. The molecule has 0 bridgehead atoms. The molecule has 1 atom stereocenters. The van der Waals surface area contributed by atoms with Crippen molar-refractivity contribution < 1.29 is 4.79 Å². The van der Waals surface area contributed by atoms with Crippen molar-refractivity contribution in [3.05, 3.63) is 65.7 Å². The van der Waals surface area contributed by atoms with Crippen LogP contribution in [0.3, 0.4) is 0 Å². The lowest BCUT2D eigenvalue weighted by atomic mass is 10.1. The molecule has 27 heavy (non-hydrogen) atoms. The lowest BCUT2D eigenvalue weighted by Crippen LogP contribution is -2.38. The smallest absolute Gasteiger partial charge is 0.224 e. The van der Waals surface area contributed by atoms with Crippen LogP contribution in [0, 0.1) is 0 Å². The van der Waals surface area contributed by atoms with Gasteiger partial charge in [-0.25, -0.2) is 0 Å². The van der Waals surface area contributed by atoms with Crippen molar-refractivity contribution in [1.82, 2.24) is 10.6 Å². The summed E-state index contributed by atoms with van der Waals surface area (Å²) in [5.74, 6) is 0.786. The van der Waals surface area contributed by atoms with Crippen molar-refractivity contribution in [2.24, 2.45) is 4.99 Å². The molecule has 0 saturated heterocycles. The fourth-order valence-electron chi connectivity index (χ4n) is 2.62. The van der Waals surface area contributed by atoms with E-state index in [4.69, 9.17) is 0 Å². The Bertz CT molecular complexity index is 734. The van der Waals surface area contributed by atoms with Crippen molar-refractivity contribution >= 4 is 41.5 Å². The van der Waals surface area contributed by atoms with Crippen molar-refractivity contribution in [2.75, 3.05) is 12.4 Å². The molecule has 0 heterocycles. The fourth-order valence-corrected chi connectivity index (χ4v) is 2.62. The van der Waals surface area contributed by atoms with Crippen LogP contribution in [0.2, 0.25) is 0 Å². The first-order valence-corrected chi connectivity index (χ1v) is 9.03. The third kappa shape index (κ3) is 7.99. The van der Waals surface area contributed by atoms with E-state index in [1.807, 2.05) is 49.4 Å². The van der Waals surface area contributed by atoms with Crippen LogP contribution in [0.25, 0.3) is 0 Å². The number of halogens is 1. The molecule has 0 aromatic heterocycles. The first-order chi connectivity index (χ1) is 12.6. The monoisotopic (exact) mass is 480 g/mol. The predicted octanol–water partition coefficient (Wildman–Crippen LogP) is 4.47. The van der Waals surface area contributed by atoms with Gasteiger partial charge in [-0.05, 0) is 36.6 Å². The van der Waals surface area contributed by atoms with Gasteiger partial charge in [-0.2, -0.15) is 0 Å². The number of carbonyl (C=O) groups excluding carboxylic acids is 1. The summed E-state index contributed by atoms with van der Waals surface area (Å²) in [6.45, 7) is 4.72. The Hall–Kier alpha value is -2.09. The zero-order chi connectivity index (χ0) is 18.8. The van der Waals surface area contributed by atoms with Gasteiger partial charge in [0.25, 0.3) is 0 Å². The van der Waals surface area contributed by atoms with Gasteiger partial charge in [-0.15, -0.1) is 24.0 Å². The molecule has 1 amide bonds. The molecule has 2 aromatic rings. The van der Waals surface area contributed by atoms with E-state index in [1.165, 1.54) is 5.56 Å². The zero-order valence-electron chi connectivity index (χ0n) is 16.2. The summed E-state index contributed by atoms with van der Waals surface area (Å²) in [5.41, 5.74) is 3.11. The molecule has 6 heteroatoms. The molecule has 2 rings (SSSR count). The van der Waals surface area contributed by atoms with E-state index in [0.29, 0.717) is 13.0 Å². The van der Waals surface area contributed by atoms with Crippen LogP contribution >= 0.6 is 24.0 Å².